The van der Waals surface area contributed by atoms with Gasteiger partial charge in [-0.25, -0.2) is 8.78 Å². The van der Waals surface area contributed by atoms with Gasteiger partial charge >= 0.3 is 0 Å². The molecule has 0 aliphatic carbocycles. The number of benzene rings is 2. The van der Waals surface area contributed by atoms with E-state index in [-0.39, 0.29) is 30.6 Å². The van der Waals surface area contributed by atoms with Gasteiger partial charge in [0.2, 0.25) is 11.8 Å². The summed E-state index contributed by atoms with van der Waals surface area (Å²) in [4.78, 5) is 35.9. The van der Waals surface area contributed by atoms with Crippen molar-refractivity contribution in [3.05, 3.63) is 75.3 Å². The van der Waals surface area contributed by atoms with Crippen LogP contribution < -0.4 is 10.6 Å². The fourth-order valence-electron chi connectivity index (χ4n) is 6.57. The van der Waals surface area contributed by atoms with Crippen LogP contribution in [0.1, 0.15) is 102 Å². The molecule has 0 saturated carbocycles. The molecule has 1 heterocycles. The van der Waals surface area contributed by atoms with E-state index in [2.05, 4.69) is 17.6 Å². The number of unbranched alkanes of at least 4 members (excludes halogenated alkanes) is 11. The molecule has 1 fully saturated rings. The number of nitrogens with one attached hydrogen (secondary N) is 2. The van der Waals surface area contributed by atoms with Crippen molar-refractivity contribution < 1.29 is 58.3 Å². The third-order valence-electron chi connectivity index (χ3n) is 9.98. The normalized spacial score (nSPS) is 21.2. The van der Waals surface area contributed by atoms with Crippen LogP contribution in [0.2, 0.25) is 0 Å². The fourth-order valence-corrected chi connectivity index (χ4v) is 6.57. The third-order valence-corrected chi connectivity index (χ3v) is 9.98. The minimum atomic E-state index is -1.79. The maximum absolute atomic E-state index is 13.8. The van der Waals surface area contributed by atoms with Crippen molar-refractivity contribution in [2.75, 3.05) is 13.2 Å². The molecule has 0 radical (unpaired) electrons. The van der Waals surface area contributed by atoms with E-state index in [0.29, 0.717) is 12.0 Å². The number of aliphatic hydroxyl groups excluding tert-OH is 5. The Morgan fingerprint density at radius 2 is 1.38 bits per heavy atom. The van der Waals surface area contributed by atoms with Gasteiger partial charge in [0.1, 0.15) is 30.5 Å². The van der Waals surface area contributed by atoms with Gasteiger partial charge in [-0.15, -0.1) is 0 Å². The van der Waals surface area contributed by atoms with E-state index in [0.717, 1.165) is 37.8 Å². The molecule has 314 valence electrons. The van der Waals surface area contributed by atoms with Crippen LogP contribution in [0.3, 0.4) is 0 Å². The maximum atomic E-state index is 13.8. The van der Waals surface area contributed by atoms with Crippen LogP contribution >= 0.6 is 0 Å². The van der Waals surface area contributed by atoms with Crippen molar-refractivity contribution in [1.82, 2.24) is 10.6 Å². The molecule has 56 heavy (non-hydrogen) atoms. The fraction of sp³-hybridized carbons (Fsp3) is 0.650. The molecule has 0 spiro atoms. The molecule has 14 nitrogen and oxygen atoms in total. The summed E-state index contributed by atoms with van der Waals surface area (Å²) in [6.45, 7) is 1.32. The van der Waals surface area contributed by atoms with Crippen molar-refractivity contribution in [1.29, 1.82) is 0 Å². The lowest BCUT2D eigenvalue weighted by Gasteiger charge is -2.41. The monoisotopic (exact) mass is 795 g/mol. The Hall–Kier alpha value is -3.64. The summed E-state index contributed by atoms with van der Waals surface area (Å²) in [7, 11) is 0. The number of aliphatic hydroxyl groups is 5. The number of ether oxygens (including phenoxy) is 2. The molecule has 7 N–H and O–H groups in total. The summed E-state index contributed by atoms with van der Waals surface area (Å²) in [5.41, 5.74) is 0.486. The average molecular weight is 796 g/mol. The van der Waals surface area contributed by atoms with Crippen molar-refractivity contribution in [3.63, 3.8) is 0 Å². The van der Waals surface area contributed by atoms with E-state index in [9.17, 15) is 54.0 Å². The summed E-state index contributed by atoms with van der Waals surface area (Å²) >= 11 is 0. The minimum Gasteiger partial charge on any atom is -0.390 e. The molecule has 1 aliphatic rings. The van der Waals surface area contributed by atoms with Gasteiger partial charge in [-0.3, -0.25) is 19.7 Å². The van der Waals surface area contributed by atoms with Crippen LogP contribution in [0.25, 0.3) is 0 Å². The first-order chi connectivity index (χ1) is 26.8. The first-order valence-corrected chi connectivity index (χ1v) is 19.7. The Morgan fingerprint density at radius 1 is 0.804 bits per heavy atom. The Kier molecular flexibility index (Phi) is 20.8. The lowest BCUT2D eigenvalue weighted by Crippen LogP contribution is -2.61. The van der Waals surface area contributed by atoms with E-state index >= 15 is 0 Å². The predicted molar refractivity (Wildman–Crippen MR) is 202 cm³/mol. The zero-order valence-corrected chi connectivity index (χ0v) is 32.1. The number of nitrogens with zero attached hydrogens (tertiary/aromatic N) is 1. The highest BCUT2D eigenvalue weighted by atomic mass is 19.2. The van der Waals surface area contributed by atoms with Crippen LogP contribution in [0.4, 0.5) is 14.5 Å². The molecule has 8 atom stereocenters. The number of carbonyl (C=O) groups excluding carboxylic acids is 2. The quantitative estimate of drug-likeness (QED) is 0.0411. The molecule has 2 amide bonds. The molecule has 1 saturated heterocycles. The molecule has 3 rings (SSSR count). The number of carbonyl (C=O) groups is 2. The van der Waals surface area contributed by atoms with Gasteiger partial charge in [-0.2, -0.15) is 0 Å². The number of hydrogen-bond donors (Lipinski definition) is 7. The summed E-state index contributed by atoms with van der Waals surface area (Å²) in [5.74, 6) is -3.47. The van der Waals surface area contributed by atoms with Crippen molar-refractivity contribution in [2.24, 2.45) is 0 Å². The summed E-state index contributed by atoms with van der Waals surface area (Å²) in [5, 5.41) is 69.9. The van der Waals surface area contributed by atoms with Gasteiger partial charge in [0.15, 0.2) is 17.9 Å². The highest BCUT2D eigenvalue weighted by Crippen LogP contribution is 2.23. The Balaban J connectivity index is 1.56. The predicted octanol–water partition coefficient (Wildman–Crippen LogP) is 3.90. The second kappa shape index (κ2) is 24.9. The summed E-state index contributed by atoms with van der Waals surface area (Å²) in [6.07, 6.45) is 2.05. The second-order valence-corrected chi connectivity index (χ2v) is 14.6. The number of hydrogen-bond acceptors (Lipinski definition) is 11. The number of nitro benzene ring substituents is 1. The van der Waals surface area contributed by atoms with E-state index < -0.39 is 90.4 Å². The topological polar surface area (TPSA) is 221 Å². The lowest BCUT2D eigenvalue weighted by atomic mass is 9.98. The number of amides is 2. The first-order valence-electron chi connectivity index (χ1n) is 19.7. The standard InChI is InChI=1S/C40H59F2N3O11/c1-2-3-4-5-6-7-8-9-10-11-12-13-14-32(46)36(49)31(44-35(48)23-27-17-20-29(41)30(42)21-27)25-55-40-39(52)38(51)37(50)33(56-40)24-43-34(47)22-26-15-18-28(19-16-26)45(53)54/h15-21,31-33,36-40,46,49-52H,2-14,22-25H2,1H3,(H,43,47)(H,44,48)/t31-,32+,33+,36-,37-,38-,39+,40-/m0/s1. The molecule has 0 unspecified atom stereocenters. The zero-order valence-electron chi connectivity index (χ0n) is 32.1. The van der Waals surface area contributed by atoms with Gasteiger partial charge in [0.05, 0.1) is 36.5 Å². The van der Waals surface area contributed by atoms with Crippen molar-refractivity contribution in [2.45, 2.75) is 152 Å². The van der Waals surface area contributed by atoms with Gasteiger partial charge in [0, 0.05) is 18.7 Å². The Morgan fingerprint density at radius 3 is 1.96 bits per heavy atom. The van der Waals surface area contributed by atoms with Gasteiger partial charge in [-0.05, 0) is 29.7 Å². The van der Waals surface area contributed by atoms with Crippen molar-refractivity contribution >= 4 is 17.5 Å². The molecule has 16 heteroatoms. The highest BCUT2D eigenvalue weighted by Gasteiger charge is 2.45. The highest BCUT2D eigenvalue weighted by molar-refractivity contribution is 5.79. The number of halogens is 2. The van der Waals surface area contributed by atoms with Crippen molar-refractivity contribution in [3.8, 4) is 0 Å². The minimum absolute atomic E-state index is 0.141. The Labute approximate surface area is 326 Å². The lowest BCUT2D eigenvalue weighted by molar-refractivity contribution is -0.384. The summed E-state index contributed by atoms with van der Waals surface area (Å²) < 4.78 is 38.6. The summed E-state index contributed by atoms with van der Waals surface area (Å²) in [6, 6.07) is 7.03. The molecular formula is C40H59F2N3O11. The van der Waals surface area contributed by atoms with Gasteiger partial charge < -0.3 is 45.6 Å². The van der Waals surface area contributed by atoms with E-state index in [4.69, 9.17) is 9.47 Å². The molecule has 1 aliphatic heterocycles. The van der Waals surface area contributed by atoms with E-state index in [1.807, 2.05) is 0 Å². The molecule has 0 bridgehead atoms. The number of non-ortho nitro benzene ring substituents is 1. The van der Waals surface area contributed by atoms with Crippen LogP contribution in [-0.4, -0.2) is 104 Å². The SMILES string of the molecule is CCCCCCCCCCCCCC[C@@H](O)[C@@H](O)[C@H](CO[C@H]1O[C@H](CNC(=O)Cc2ccc([N+](=O)[O-])cc2)[C@H](O)[C@H](O)[C@H]1O)NC(=O)Cc1ccc(F)c(F)c1. The number of nitro groups is 1. The van der Waals surface area contributed by atoms with E-state index in [1.165, 1.54) is 75.3 Å². The van der Waals surface area contributed by atoms with Gasteiger partial charge in [-0.1, -0.05) is 102 Å². The van der Waals surface area contributed by atoms with Crippen LogP contribution in [0.15, 0.2) is 42.5 Å². The first kappa shape index (κ1) is 46.7. The molecule has 2 aromatic carbocycles. The zero-order chi connectivity index (χ0) is 41.0. The second-order valence-electron chi connectivity index (χ2n) is 14.6. The van der Waals surface area contributed by atoms with Crippen LogP contribution in [0.5, 0.6) is 0 Å². The molecule has 0 aromatic heterocycles. The van der Waals surface area contributed by atoms with Crippen LogP contribution in [0, 0.1) is 21.7 Å². The largest absolute Gasteiger partial charge is 0.390 e. The third kappa shape index (κ3) is 16.1. The smallest absolute Gasteiger partial charge is 0.269 e. The average Bonchev–Trinajstić information content (AvgIpc) is 3.17. The van der Waals surface area contributed by atoms with Crippen LogP contribution in [-0.2, 0) is 31.9 Å². The molecule has 2 aromatic rings. The van der Waals surface area contributed by atoms with E-state index in [1.54, 1.807) is 0 Å². The maximum Gasteiger partial charge on any atom is 0.269 e. The molecular weight excluding hydrogens is 736 g/mol. The Bertz CT molecular complexity index is 1490. The van der Waals surface area contributed by atoms with Gasteiger partial charge in [0.25, 0.3) is 5.69 Å². The number of rotatable bonds is 26.